The van der Waals surface area contributed by atoms with Crippen molar-refractivity contribution in [2.75, 3.05) is 0 Å². The molecule has 2 rings (SSSR count). The molecular formula is C12H14N2OS. The second kappa shape index (κ2) is 4.70. The minimum Gasteiger partial charge on any atom is -0.338 e. The molecule has 16 heavy (non-hydrogen) atoms. The van der Waals surface area contributed by atoms with E-state index in [1.54, 1.807) is 11.8 Å². The lowest BCUT2D eigenvalue weighted by Crippen LogP contribution is -1.88. The predicted octanol–water partition coefficient (Wildman–Crippen LogP) is 3.54. The van der Waals surface area contributed by atoms with Gasteiger partial charge in [-0.1, -0.05) is 22.9 Å². The maximum Gasteiger partial charge on any atom is 0.239 e. The van der Waals surface area contributed by atoms with Crippen LogP contribution < -0.4 is 0 Å². The van der Waals surface area contributed by atoms with Crippen LogP contribution in [0.3, 0.4) is 0 Å². The zero-order chi connectivity index (χ0) is 11.5. The van der Waals surface area contributed by atoms with Crippen molar-refractivity contribution in [3.63, 3.8) is 0 Å². The molecule has 0 aliphatic heterocycles. The van der Waals surface area contributed by atoms with E-state index in [0.29, 0.717) is 11.7 Å². The summed E-state index contributed by atoms with van der Waals surface area (Å²) in [5.74, 6) is 1.37. The zero-order valence-corrected chi connectivity index (χ0v) is 10.4. The first kappa shape index (κ1) is 11.2. The molecule has 0 unspecified atom stereocenters. The summed E-state index contributed by atoms with van der Waals surface area (Å²) in [5, 5.41) is 3.98. The quantitative estimate of drug-likeness (QED) is 0.761. The van der Waals surface area contributed by atoms with E-state index in [2.05, 4.69) is 48.3 Å². The van der Waals surface area contributed by atoms with Crippen LogP contribution in [-0.2, 0) is 0 Å². The van der Waals surface area contributed by atoms with Crippen LogP contribution >= 0.6 is 11.8 Å². The van der Waals surface area contributed by atoms with Gasteiger partial charge in [0.2, 0.25) is 5.89 Å². The van der Waals surface area contributed by atoms with Crippen molar-refractivity contribution in [3.8, 4) is 0 Å². The molecule has 4 heteroatoms. The standard InChI is InChI=1S/C12H14N2OS/c1-8-4-6-11(7-5-8)16-9(2)12-13-10(3)14-15-12/h4-7,9H,1-3H3/t9-/m0/s1. The maximum atomic E-state index is 5.14. The molecular weight excluding hydrogens is 220 g/mol. The van der Waals surface area contributed by atoms with E-state index in [1.807, 2.05) is 6.92 Å². The Morgan fingerprint density at radius 2 is 1.88 bits per heavy atom. The lowest BCUT2D eigenvalue weighted by Gasteiger charge is -2.06. The van der Waals surface area contributed by atoms with Crippen LogP contribution in [0, 0.1) is 13.8 Å². The van der Waals surface area contributed by atoms with Crippen LogP contribution in [-0.4, -0.2) is 10.1 Å². The number of hydrogen-bond donors (Lipinski definition) is 0. The molecule has 1 aromatic heterocycles. The molecule has 1 aromatic carbocycles. The summed E-state index contributed by atoms with van der Waals surface area (Å²) < 4.78 is 5.14. The number of aromatic nitrogens is 2. The van der Waals surface area contributed by atoms with E-state index >= 15 is 0 Å². The molecule has 0 radical (unpaired) electrons. The fourth-order valence-electron chi connectivity index (χ4n) is 1.35. The third kappa shape index (κ3) is 2.64. The summed E-state index contributed by atoms with van der Waals surface area (Å²) in [7, 11) is 0. The van der Waals surface area contributed by atoms with Crippen molar-refractivity contribution < 1.29 is 4.52 Å². The van der Waals surface area contributed by atoms with Gasteiger partial charge in [-0.3, -0.25) is 0 Å². The molecule has 0 saturated carbocycles. The van der Waals surface area contributed by atoms with Crippen molar-refractivity contribution in [2.24, 2.45) is 0 Å². The van der Waals surface area contributed by atoms with Crippen LogP contribution in [0.25, 0.3) is 0 Å². The Balaban J connectivity index is 2.07. The highest BCUT2D eigenvalue weighted by atomic mass is 32.2. The van der Waals surface area contributed by atoms with Gasteiger partial charge in [-0.05, 0) is 32.9 Å². The number of rotatable bonds is 3. The molecule has 0 bridgehead atoms. The van der Waals surface area contributed by atoms with E-state index in [-0.39, 0.29) is 5.25 Å². The minimum absolute atomic E-state index is 0.184. The van der Waals surface area contributed by atoms with Gasteiger partial charge in [0.1, 0.15) is 0 Å². The third-order valence-corrected chi connectivity index (χ3v) is 3.32. The summed E-state index contributed by atoms with van der Waals surface area (Å²) in [6.07, 6.45) is 0. The smallest absolute Gasteiger partial charge is 0.239 e. The summed E-state index contributed by atoms with van der Waals surface area (Å²) in [6.45, 7) is 5.98. The zero-order valence-electron chi connectivity index (χ0n) is 9.60. The molecule has 0 fully saturated rings. The van der Waals surface area contributed by atoms with Gasteiger partial charge in [-0.15, -0.1) is 11.8 Å². The second-order valence-electron chi connectivity index (χ2n) is 3.75. The van der Waals surface area contributed by atoms with Crippen LogP contribution in [0.15, 0.2) is 33.7 Å². The van der Waals surface area contributed by atoms with Crippen LogP contribution in [0.5, 0.6) is 0 Å². The van der Waals surface area contributed by atoms with Gasteiger partial charge < -0.3 is 4.52 Å². The molecule has 3 nitrogen and oxygen atoms in total. The van der Waals surface area contributed by atoms with Gasteiger partial charge in [0.15, 0.2) is 5.82 Å². The molecule has 0 aliphatic rings. The van der Waals surface area contributed by atoms with Gasteiger partial charge >= 0.3 is 0 Å². The highest BCUT2D eigenvalue weighted by Gasteiger charge is 2.13. The Morgan fingerprint density at radius 1 is 1.19 bits per heavy atom. The lowest BCUT2D eigenvalue weighted by molar-refractivity contribution is 0.376. The fourth-order valence-corrected chi connectivity index (χ4v) is 2.25. The van der Waals surface area contributed by atoms with Crippen LogP contribution in [0.1, 0.15) is 29.5 Å². The average Bonchev–Trinajstić information content (AvgIpc) is 2.68. The Morgan fingerprint density at radius 3 is 2.44 bits per heavy atom. The molecule has 84 valence electrons. The van der Waals surface area contributed by atoms with Gasteiger partial charge in [-0.2, -0.15) is 4.98 Å². The fraction of sp³-hybridized carbons (Fsp3) is 0.333. The highest BCUT2D eigenvalue weighted by molar-refractivity contribution is 7.99. The number of nitrogens with zero attached hydrogens (tertiary/aromatic N) is 2. The molecule has 0 saturated heterocycles. The summed E-state index contributed by atoms with van der Waals surface area (Å²) in [5.41, 5.74) is 1.27. The minimum atomic E-state index is 0.184. The average molecular weight is 234 g/mol. The van der Waals surface area contributed by atoms with E-state index in [9.17, 15) is 0 Å². The molecule has 0 spiro atoms. The topological polar surface area (TPSA) is 38.9 Å². The van der Waals surface area contributed by atoms with Crippen molar-refractivity contribution in [1.29, 1.82) is 0 Å². The summed E-state index contributed by atoms with van der Waals surface area (Å²) in [4.78, 5) is 5.44. The van der Waals surface area contributed by atoms with Crippen LogP contribution in [0.2, 0.25) is 0 Å². The number of aryl methyl sites for hydroxylation is 2. The molecule has 2 aromatic rings. The Kier molecular flexibility index (Phi) is 3.29. The van der Waals surface area contributed by atoms with Crippen molar-refractivity contribution >= 4 is 11.8 Å². The first-order valence-electron chi connectivity index (χ1n) is 5.18. The van der Waals surface area contributed by atoms with E-state index < -0.39 is 0 Å². The Bertz CT molecular complexity index is 464. The molecule has 0 aliphatic carbocycles. The number of hydrogen-bond acceptors (Lipinski definition) is 4. The van der Waals surface area contributed by atoms with Gasteiger partial charge in [0, 0.05) is 4.90 Å². The van der Waals surface area contributed by atoms with Crippen LogP contribution in [0.4, 0.5) is 0 Å². The summed E-state index contributed by atoms with van der Waals surface area (Å²) in [6, 6.07) is 8.43. The second-order valence-corrected chi connectivity index (χ2v) is 5.17. The lowest BCUT2D eigenvalue weighted by atomic mass is 10.2. The third-order valence-electron chi connectivity index (χ3n) is 2.22. The first-order valence-corrected chi connectivity index (χ1v) is 6.06. The molecule has 0 N–H and O–H groups in total. The van der Waals surface area contributed by atoms with E-state index in [1.165, 1.54) is 10.5 Å². The number of benzene rings is 1. The maximum absolute atomic E-state index is 5.14. The van der Waals surface area contributed by atoms with Gasteiger partial charge in [0.25, 0.3) is 0 Å². The molecule has 1 atom stereocenters. The Labute approximate surface area is 99.3 Å². The predicted molar refractivity (Wildman–Crippen MR) is 64.5 cm³/mol. The Hall–Kier alpha value is -1.29. The van der Waals surface area contributed by atoms with Gasteiger partial charge in [0.05, 0.1) is 5.25 Å². The molecule has 1 heterocycles. The van der Waals surface area contributed by atoms with Crippen molar-refractivity contribution in [1.82, 2.24) is 10.1 Å². The monoisotopic (exact) mass is 234 g/mol. The van der Waals surface area contributed by atoms with E-state index in [4.69, 9.17) is 4.52 Å². The van der Waals surface area contributed by atoms with Crippen molar-refractivity contribution in [2.45, 2.75) is 30.9 Å². The van der Waals surface area contributed by atoms with Crippen molar-refractivity contribution in [3.05, 3.63) is 41.5 Å². The number of thioether (sulfide) groups is 1. The molecule has 0 amide bonds. The van der Waals surface area contributed by atoms with E-state index in [0.717, 1.165) is 0 Å². The van der Waals surface area contributed by atoms with Gasteiger partial charge in [-0.25, -0.2) is 0 Å². The SMILES string of the molecule is Cc1ccc(S[C@@H](C)c2nc(C)no2)cc1. The normalized spacial score (nSPS) is 12.7. The largest absolute Gasteiger partial charge is 0.338 e. The first-order chi connectivity index (χ1) is 7.65. The highest BCUT2D eigenvalue weighted by Crippen LogP contribution is 2.33. The summed E-state index contributed by atoms with van der Waals surface area (Å²) >= 11 is 1.72.